The molecule has 0 radical (unpaired) electrons. The number of nitrogens with zero attached hydrogens (tertiary/aromatic N) is 4. The van der Waals surface area contributed by atoms with E-state index in [1.54, 1.807) is 12.4 Å². The second kappa shape index (κ2) is 4.15. The van der Waals surface area contributed by atoms with Crippen molar-refractivity contribution in [1.29, 1.82) is 5.41 Å². The quantitative estimate of drug-likeness (QED) is 0.895. The Balaban J connectivity index is 1.94. The first-order valence-electron chi connectivity index (χ1n) is 6.06. The summed E-state index contributed by atoms with van der Waals surface area (Å²) in [5.41, 5.74) is 1.63. The summed E-state index contributed by atoms with van der Waals surface area (Å²) in [5, 5.41) is 16.1. The van der Waals surface area contributed by atoms with Crippen LogP contribution in [0.3, 0.4) is 0 Å². The number of aryl methyl sites for hydroxylation is 1. The minimum absolute atomic E-state index is 0.0736. The van der Waals surface area contributed by atoms with Crippen LogP contribution >= 0.6 is 0 Å². The first-order valence-corrected chi connectivity index (χ1v) is 6.06. The molecule has 1 aromatic heterocycles. The van der Waals surface area contributed by atoms with E-state index in [0.29, 0.717) is 17.9 Å². The number of rotatable bonds is 2. The standard InChI is InChI=1S/C13H14FN5/c1-8(13-17-16-7-18(13)2)19-6-9-3-4-10(14)5-11(9)12(19)15/h3-5,7-8,15H,6H2,1-2H3. The molecule has 5 nitrogen and oxygen atoms in total. The molecule has 2 aromatic rings. The lowest BCUT2D eigenvalue weighted by Gasteiger charge is -2.25. The van der Waals surface area contributed by atoms with Crippen molar-refractivity contribution in [3.63, 3.8) is 0 Å². The summed E-state index contributed by atoms with van der Waals surface area (Å²) in [6, 6.07) is 4.52. The van der Waals surface area contributed by atoms with E-state index in [4.69, 9.17) is 5.41 Å². The number of aromatic nitrogens is 3. The van der Waals surface area contributed by atoms with Gasteiger partial charge >= 0.3 is 0 Å². The minimum atomic E-state index is -0.309. The molecule has 1 aromatic carbocycles. The van der Waals surface area contributed by atoms with Crippen LogP contribution in [0.4, 0.5) is 4.39 Å². The summed E-state index contributed by atoms with van der Waals surface area (Å²) < 4.78 is 15.1. The van der Waals surface area contributed by atoms with Gasteiger partial charge < -0.3 is 9.47 Å². The minimum Gasteiger partial charge on any atom is -0.342 e. The van der Waals surface area contributed by atoms with Crippen molar-refractivity contribution in [2.24, 2.45) is 7.05 Å². The monoisotopic (exact) mass is 259 g/mol. The van der Waals surface area contributed by atoms with E-state index < -0.39 is 0 Å². The molecule has 98 valence electrons. The Morgan fingerprint density at radius 2 is 2.21 bits per heavy atom. The lowest BCUT2D eigenvalue weighted by Crippen LogP contribution is -2.29. The number of benzene rings is 1. The molecular weight excluding hydrogens is 245 g/mol. The van der Waals surface area contributed by atoms with E-state index in [1.165, 1.54) is 12.1 Å². The van der Waals surface area contributed by atoms with Gasteiger partial charge in [-0.15, -0.1) is 10.2 Å². The highest BCUT2D eigenvalue weighted by molar-refractivity contribution is 6.00. The molecule has 0 saturated carbocycles. The van der Waals surface area contributed by atoms with Crippen LogP contribution in [0.2, 0.25) is 0 Å². The summed E-state index contributed by atoms with van der Waals surface area (Å²) in [5.74, 6) is 0.819. The van der Waals surface area contributed by atoms with Crippen molar-refractivity contribution in [2.75, 3.05) is 0 Å². The smallest absolute Gasteiger partial charge is 0.155 e. The fraction of sp³-hybridized carbons (Fsp3) is 0.308. The van der Waals surface area contributed by atoms with E-state index in [1.807, 2.05) is 23.4 Å². The molecule has 2 heterocycles. The lowest BCUT2D eigenvalue weighted by atomic mass is 10.1. The number of hydrogen-bond acceptors (Lipinski definition) is 3. The van der Waals surface area contributed by atoms with Crippen molar-refractivity contribution < 1.29 is 4.39 Å². The van der Waals surface area contributed by atoms with Crippen LogP contribution in [-0.2, 0) is 13.6 Å². The van der Waals surface area contributed by atoms with Crippen molar-refractivity contribution in [2.45, 2.75) is 19.5 Å². The van der Waals surface area contributed by atoms with Gasteiger partial charge in [0.1, 0.15) is 18.0 Å². The van der Waals surface area contributed by atoms with E-state index in [0.717, 1.165) is 11.4 Å². The van der Waals surface area contributed by atoms with Crippen LogP contribution in [0.5, 0.6) is 0 Å². The van der Waals surface area contributed by atoms with E-state index >= 15 is 0 Å². The number of amidine groups is 1. The topological polar surface area (TPSA) is 57.8 Å². The molecule has 0 bridgehead atoms. The Morgan fingerprint density at radius 3 is 2.89 bits per heavy atom. The normalized spacial score (nSPS) is 15.7. The molecule has 19 heavy (non-hydrogen) atoms. The predicted octanol–water partition coefficient (Wildman–Crippen LogP) is 1.86. The fourth-order valence-corrected chi connectivity index (χ4v) is 2.46. The molecule has 1 aliphatic heterocycles. The molecule has 0 saturated heterocycles. The highest BCUT2D eigenvalue weighted by atomic mass is 19.1. The largest absolute Gasteiger partial charge is 0.342 e. The molecule has 0 fully saturated rings. The van der Waals surface area contributed by atoms with E-state index in [9.17, 15) is 4.39 Å². The Kier molecular flexibility index (Phi) is 2.58. The zero-order valence-electron chi connectivity index (χ0n) is 10.8. The second-order valence-electron chi connectivity index (χ2n) is 4.75. The third-order valence-electron chi connectivity index (χ3n) is 3.54. The van der Waals surface area contributed by atoms with Gasteiger partial charge in [0, 0.05) is 19.2 Å². The Bertz CT molecular complexity index is 648. The van der Waals surface area contributed by atoms with E-state index in [2.05, 4.69) is 10.2 Å². The van der Waals surface area contributed by atoms with Crippen LogP contribution in [0.25, 0.3) is 0 Å². The summed E-state index contributed by atoms with van der Waals surface area (Å²) in [7, 11) is 1.87. The summed E-state index contributed by atoms with van der Waals surface area (Å²) >= 11 is 0. The fourth-order valence-electron chi connectivity index (χ4n) is 2.46. The highest BCUT2D eigenvalue weighted by Gasteiger charge is 2.30. The molecular formula is C13H14FN5. The number of fused-ring (bicyclic) bond motifs is 1. The Labute approximate surface area is 110 Å². The number of halogens is 1. The zero-order chi connectivity index (χ0) is 13.6. The highest BCUT2D eigenvalue weighted by Crippen LogP contribution is 2.30. The average molecular weight is 259 g/mol. The number of hydrogen-bond donors (Lipinski definition) is 1. The maximum Gasteiger partial charge on any atom is 0.155 e. The van der Waals surface area contributed by atoms with Crippen LogP contribution in [0.1, 0.15) is 29.9 Å². The number of nitrogens with one attached hydrogen (secondary N) is 1. The van der Waals surface area contributed by atoms with Gasteiger partial charge in [-0.1, -0.05) is 6.07 Å². The van der Waals surface area contributed by atoms with Gasteiger partial charge in [-0.3, -0.25) is 5.41 Å². The molecule has 1 atom stereocenters. The molecule has 1 N–H and O–H groups in total. The average Bonchev–Trinajstić information content (AvgIpc) is 2.94. The first kappa shape index (κ1) is 11.8. The van der Waals surface area contributed by atoms with Gasteiger partial charge in [0.15, 0.2) is 5.82 Å². The third-order valence-corrected chi connectivity index (χ3v) is 3.54. The molecule has 0 spiro atoms. The molecule has 0 amide bonds. The second-order valence-corrected chi connectivity index (χ2v) is 4.75. The molecule has 0 aliphatic carbocycles. The summed E-state index contributed by atoms with van der Waals surface area (Å²) in [6.45, 7) is 2.57. The van der Waals surface area contributed by atoms with Gasteiger partial charge in [0.05, 0.1) is 6.04 Å². The van der Waals surface area contributed by atoms with Crippen molar-refractivity contribution in [3.8, 4) is 0 Å². The maximum absolute atomic E-state index is 13.3. The van der Waals surface area contributed by atoms with E-state index in [-0.39, 0.29) is 11.9 Å². The molecule has 1 aliphatic rings. The molecule has 3 rings (SSSR count). The lowest BCUT2D eigenvalue weighted by molar-refractivity contribution is 0.322. The van der Waals surface area contributed by atoms with Gasteiger partial charge in [-0.05, 0) is 24.6 Å². The molecule has 6 heteroatoms. The summed E-state index contributed by atoms with van der Waals surface area (Å²) in [4.78, 5) is 1.90. The van der Waals surface area contributed by atoms with Gasteiger partial charge in [-0.25, -0.2) is 4.39 Å². The Hall–Kier alpha value is -2.24. The van der Waals surface area contributed by atoms with Gasteiger partial charge in [-0.2, -0.15) is 0 Å². The molecule has 1 unspecified atom stereocenters. The van der Waals surface area contributed by atoms with Crippen molar-refractivity contribution in [3.05, 3.63) is 47.3 Å². The SMILES string of the molecule is CC(c1nncn1C)N1Cc2ccc(F)cc2C1=N. The third kappa shape index (κ3) is 1.80. The zero-order valence-corrected chi connectivity index (χ0v) is 10.8. The van der Waals surface area contributed by atoms with Gasteiger partial charge in [0.25, 0.3) is 0 Å². The first-order chi connectivity index (χ1) is 9.08. The van der Waals surface area contributed by atoms with Crippen molar-refractivity contribution >= 4 is 5.84 Å². The van der Waals surface area contributed by atoms with Crippen molar-refractivity contribution in [1.82, 2.24) is 19.7 Å². The Morgan fingerprint density at radius 1 is 1.42 bits per heavy atom. The summed E-state index contributed by atoms with van der Waals surface area (Å²) in [6.07, 6.45) is 1.64. The van der Waals surface area contributed by atoms with Crippen LogP contribution < -0.4 is 0 Å². The van der Waals surface area contributed by atoms with Crippen LogP contribution in [0.15, 0.2) is 24.5 Å². The predicted molar refractivity (Wildman–Crippen MR) is 68.2 cm³/mol. The van der Waals surface area contributed by atoms with Gasteiger partial charge in [0.2, 0.25) is 0 Å². The van der Waals surface area contributed by atoms with Crippen LogP contribution in [-0.4, -0.2) is 25.5 Å². The van der Waals surface area contributed by atoms with Crippen LogP contribution in [0, 0.1) is 11.2 Å². The maximum atomic E-state index is 13.3.